The first-order valence-corrected chi connectivity index (χ1v) is 6.42. The average molecular weight is 226 g/mol. The molecule has 2 atom stereocenters. The summed E-state index contributed by atoms with van der Waals surface area (Å²) in [5.41, 5.74) is 0. The fraction of sp³-hybridized carbons (Fsp3) is 0.917. The number of hydrogen-bond acceptors (Lipinski definition) is 3. The van der Waals surface area contributed by atoms with E-state index in [4.69, 9.17) is 0 Å². The number of carbonyl (C=O) groups is 1. The Labute approximate surface area is 97.0 Å². The maximum Gasteiger partial charge on any atom is 0.237 e. The first-order chi connectivity index (χ1) is 7.72. The molecule has 0 radical (unpaired) electrons. The van der Waals surface area contributed by atoms with E-state index < -0.39 is 0 Å². The predicted octanol–water partition coefficient (Wildman–Crippen LogP) is 0.500. The summed E-state index contributed by atoms with van der Waals surface area (Å²) in [6.07, 6.45) is 4.55. The fourth-order valence-corrected chi connectivity index (χ4v) is 3.02. The van der Waals surface area contributed by atoms with Crippen molar-refractivity contribution < 1.29 is 9.90 Å². The molecule has 2 fully saturated rings. The molecule has 2 saturated heterocycles. The highest BCUT2D eigenvalue weighted by molar-refractivity contribution is 5.79. The number of nitrogens with zero attached hydrogens (tertiary/aromatic N) is 1. The standard InChI is InChI=1S/C12H22N2O2/c1-2-5-13-8-12(16)14-9-3-4-10(14)7-11(15)6-9/h9-11,13,15H,2-8H2,1H3. The molecule has 0 aliphatic carbocycles. The van der Waals surface area contributed by atoms with Crippen molar-refractivity contribution in [2.45, 2.75) is 57.2 Å². The van der Waals surface area contributed by atoms with Gasteiger partial charge in [-0.15, -0.1) is 0 Å². The Morgan fingerprint density at radius 2 is 2.00 bits per heavy atom. The molecule has 2 N–H and O–H groups in total. The summed E-state index contributed by atoms with van der Waals surface area (Å²) in [6, 6.07) is 0.592. The van der Waals surface area contributed by atoms with Crippen molar-refractivity contribution in [2.24, 2.45) is 0 Å². The Morgan fingerprint density at radius 1 is 1.38 bits per heavy atom. The van der Waals surface area contributed by atoms with Crippen molar-refractivity contribution in [3.8, 4) is 0 Å². The summed E-state index contributed by atoms with van der Waals surface area (Å²) in [4.78, 5) is 14.0. The Morgan fingerprint density at radius 3 is 2.56 bits per heavy atom. The van der Waals surface area contributed by atoms with E-state index >= 15 is 0 Å². The number of nitrogens with one attached hydrogen (secondary N) is 1. The third-order valence-corrected chi connectivity index (χ3v) is 3.70. The number of hydrogen-bond donors (Lipinski definition) is 2. The maximum atomic E-state index is 12.0. The smallest absolute Gasteiger partial charge is 0.237 e. The van der Waals surface area contributed by atoms with E-state index in [1.54, 1.807) is 0 Å². The van der Waals surface area contributed by atoms with Crippen LogP contribution in [-0.4, -0.2) is 47.2 Å². The third-order valence-electron chi connectivity index (χ3n) is 3.70. The zero-order chi connectivity index (χ0) is 11.5. The second-order valence-corrected chi connectivity index (χ2v) is 4.99. The van der Waals surface area contributed by atoms with E-state index in [1.165, 1.54) is 0 Å². The van der Waals surface area contributed by atoms with Crippen LogP contribution in [0, 0.1) is 0 Å². The molecule has 2 aliphatic heterocycles. The number of aliphatic hydroxyl groups excluding tert-OH is 1. The second-order valence-electron chi connectivity index (χ2n) is 4.99. The predicted molar refractivity (Wildman–Crippen MR) is 62.1 cm³/mol. The molecule has 0 spiro atoms. The molecule has 2 bridgehead atoms. The van der Waals surface area contributed by atoms with Crippen molar-refractivity contribution in [3.05, 3.63) is 0 Å². The molecule has 0 aromatic carbocycles. The minimum Gasteiger partial charge on any atom is -0.393 e. The van der Waals surface area contributed by atoms with E-state index in [0.717, 1.165) is 38.6 Å². The highest BCUT2D eigenvalue weighted by Gasteiger charge is 2.42. The van der Waals surface area contributed by atoms with Crippen molar-refractivity contribution in [2.75, 3.05) is 13.1 Å². The van der Waals surface area contributed by atoms with E-state index in [1.807, 2.05) is 4.90 Å². The molecule has 2 aliphatic rings. The van der Waals surface area contributed by atoms with Gasteiger partial charge in [-0.1, -0.05) is 6.92 Å². The maximum absolute atomic E-state index is 12.0. The first-order valence-electron chi connectivity index (χ1n) is 6.42. The zero-order valence-electron chi connectivity index (χ0n) is 9.98. The molecule has 4 nitrogen and oxygen atoms in total. The SMILES string of the molecule is CCCNCC(=O)N1C2CCC1CC(O)C2. The highest BCUT2D eigenvalue weighted by atomic mass is 16.3. The first kappa shape index (κ1) is 11.9. The van der Waals surface area contributed by atoms with Gasteiger partial charge in [0.25, 0.3) is 0 Å². The van der Waals surface area contributed by atoms with Gasteiger partial charge in [-0.3, -0.25) is 4.79 Å². The molecule has 4 heteroatoms. The van der Waals surface area contributed by atoms with Crippen LogP contribution in [0.2, 0.25) is 0 Å². The fourth-order valence-electron chi connectivity index (χ4n) is 3.02. The Hall–Kier alpha value is -0.610. The highest BCUT2D eigenvalue weighted by Crippen LogP contribution is 2.35. The van der Waals surface area contributed by atoms with E-state index in [2.05, 4.69) is 12.2 Å². The quantitative estimate of drug-likeness (QED) is 0.686. The number of carbonyl (C=O) groups excluding carboxylic acids is 1. The van der Waals surface area contributed by atoms with Crippen LogP contribution in [0.3, 0.4) is 0 Å². The molecular formula is C12H22N2O2. The monoisotopic (exact) mass is 226 g/mol. The molecule has 92 valence electrons. The van der Waals surface area contributed by atoms with Crippen LogP contribution in [0.25, 0.3) is 0 Å². The van der Waals surface area contributed by atoms with Crippen LogP contribution in [0.4, 0.5) is 0 Å². The lowest BCUT2D eigenvalue weighted by molar-refractivity contribution is -0.136. The van der Waals surface area contributed by atoms with Crippen molar-refractivity contribution in [1.29, 1.82) is 0 Å². The Kier molecular flexibility index (Phi) is 3.82. The minimum atomic E-state index is -0.190. The largest absolute Gasteiger partial charge is 0.393 e. The Bertz CT molecular complexity index is 243. The van der Waals surface area contributed by atoms with E-state index in [0.29, 0.717) is 18.6 Å². The van der Waals surface area contributed by atoms with Gasteiger partial charge in [0.2, 0.25) is 5.91 Å². The minimum absolute atomic E-state index is 0.190. The van der Waals surface area contributed by atoms with Crippen molar-refractivity contribution >= 4 is 5.91 Å². The Balaban J connectivity index is 1.87. The molecule has 16 heavy (non-hydrogen) atoms. The van der Waals surface area contributed by atoms with Crippen molar-refractivity contribution in [3.63, 3.8) is 0 Å². The van der Waals surface area contributed by atoms with Gasteiger partial charge in [0.05, 0.1) is 12.6 Å². The zero-order valence-corrected chi connectivity index (χ0v) is 9.98. The number of amides is 1. The van der Waals surface area contributed by atoms with Crippen molar-refractivity contribution in [1.82, 2.24) is 10.2 Å². The third kappa shape index (κ3) is 2.38. The van der Waals surface area contributed by atoms with Crippen LogP contribution in [0.1, 0.15) is 39.0 Å². The normalized spacial score (nSPS) is 33.1. The van der Waals surface area contributed by atoms with E-state index in [9.17, 15) is 9.90 Å². The van der Waals surface area contributed by atoms with Gasteiger partial charge < -0.3 is 15.3 Å². The van der Waals surface area contributed by atoms with Crippen LogP contribution in [0.15, 0.2) is 0 Å². The lowest BCUT2D eigenvalue weighted by Crippen LogP contribution is -2.50. The lowest BCUT2D eigenvalue weighted by Gasteiger charge is -2.37. The van der Waals surface area contributed by atoms with Crippen LogP contribution in [-0.2, 0) is 4.79 Å². The van der Waals surface area contributed by atoms with Gasteiger partial charge in [-0.25, -0.2) is 0 Å². The lowest BCUT2D eigenvalue weighted by atomic mass is 10.00. The summed E-state index contributed by atoms with van der Waals surface area (Å²) in [6.45, 7) is 3.45. The number of fused-ring (bicyclic) bond motifs is 2. The molecule has 1 amide bonds. The molecule has 2 rings (SSSR count). The van der Waals surface area contributed by atoms with Gasteiger partial charge in [-0.2, -0.15) is 0 Å². The second kappa shape index (κ2) is 5.15. The number of aliphatic hydroxyl groups is 1. The molecule has 2 unspecified atom stereocenters. The van der Waals surface area contributed by atoms with Crippen LogP contribution < -0.4 is 5.32 Å². The van der Waals surface area contributed by atoms with Gasteiger partial charge in [0.1, 0.15) is 0 Å². The van der Waals surface area contributed by atoms with Gasteiger partial charge in [-0.05, 0) is 38.6 Å². The molecule has 0 aromatic heterocycles. The van der Waals surface area contributed by atoms with Gasteiger partial charge in [0.15, 0.2) is 0 Å². The summed E-state index contributed by atoms with van der Waals surface area (Å²) in [5.74, 6) is 0.216. The topological polar surface area (TPSA) is 52.6 Å². The average Bonchev–Trinajstić information content (AvgIpc) is 2.52. The van der Waals surface area contributed by atoms with Gasteiger partial charge >= 0.3 is 0 Å². The molecule has 0 saturated carbocycles. The van der Waals surface area contributed by atoms with Crippen LogP contribution >= 0.6 is 0 Å². The molecular weight excluding hydrogens is 204 g/mol. The summed E-state index contributed by atoms with van der Waals surface area (Å²) in [7, 11) is 0. The van der Waals surface area contributed by atoms with E-state index in [-0.39, 0.29) is 12.0 Å². The summed E-state index contributed by atoms with van der Waals surface area (Å²) >= 11 is 0. The van der Waals surface area contributed by atoms with Crippen LogP contribution in [0.5, 0.6) is 0 Å². The number of piperidine rings is 1. The molecule has 2 heterocycles. The van der Waals surface area contributed by atoms with Gasteiger partial charge in [0, 0.05) is 12.1 Å². The number of rotatable bonds is 4. The summed E-state index contributed by atoms with van der Waals surface area (Å²) in [5, 5.41) is 12.8. The molecule has 0 aromatic rings. The summed E-state index contributed by atoms with van der Waals surface area (Å²) < 4.78 is 0.